The molecule has 2 aromatic heterocycles. The Balaban J connectivity index is 2.11. The van der Waals surface area contributed by atoms with E-state index in [0.29, 0.717) is 17.9 Å². The average Bonchev–Trinajstić information content (AvgIpc) is 2.94. The van der Waals surface area contributed by atoms with Crippen LogP contribution in [0.25, 0.3) is 0 Å². The van der Waals surface area contributed by atoms with E-state index in [1.54, 1.807) is 17.8 Å². The van der Waals surface area contributed by atoms with E-state index < -0.39 is 0 Å². The van der Waals surface area contributed by atoms with Crippen molar-refractivity contribution in [3.8, 4) is 0 Å². The van der Waals surface area contributed by atoms with E-state index in [-0.39, 0.29) is 5.97 Å². The lowest BCUT2D eigenvalue weighted by Crippen LogP contribution is -2.08. The molecule has 0 spiro atoms. The zero-order valence-electron chi connectivity index (χ0n) is 10.9. The van der Waals surface area contributed by atoms with Crippen LogP contribution >= 0.6 is 23.1 Å². The summed E-state index contributed by atoms with van der Waals surface area (Å²) >= 11 is 3.07. The Morgan fingerprint density at radius 1 is 1.53 bits per heavy atom. The molecule has 0 bridgehead atoms. The van der Waals surface area contributed by atoms with Crippen molar-refractivity contribution in [3.63, 3.8) is 0 Å². The van der Waals surface area contributed by atoms with E-state index in [0.717, 1.165) is 15.0 Å². The fourth-order valence-electron chi connectivity index (χ4n) is 1.48. The number of esters is 1. The van der Waals surface area contributed by atoms with E-state index in [1.165, 1.54) is 23.1 Å². The minimum absolute atomic E-state index is 0.334. The summed E-state index contributed by atoms with van der Waals surface area (Å²) in [6.45, 7) is 4.05. The van der Waals surface area contributed by atoms with Crippen LogP contribution < -0.4 is 0 Å². The third-order valence-electron chi connectivity index (χ3n) is 2.40. The van der Waals surface area contributed by atoms with Gasteiger partial charge >= 0.3 is 5.97 Å². The molecule has 0 fully saturated rings. The molecule has 19 heavy (non-hydrogen) atoms. The molecular weight excluding hydrogens is 284 g/mol. The van der Waals surface area contributed by atoms with Crippen LogP contribution in [0.4, 0.5) is 0 Å². The molecule has 2 rings (SSSR count). The Bertz CT molecular complexity index is 579. The van der Waals surface area contributed by atoms with Gasteiger partial charge < -0.3 is 4.74 Å². The summed E-state index contributed by atoms with van der Waals surface area (Å²) in [7, 11) is 1.81. The topological polar surface area (TPSA) is 69.9 Å². The number of thioether (sulfide) groups is 1. The zero-order valence-corrected chi connectivity index (χ0v) is 12.5. The third-order valence-corrected chi connectivity index (χ3v) is 4.38. The minimum atomic E-state index is -0.334. The lowest BCUT2D eigenvalue weighted by atomic mass is 10.3. The normalized spacial score (nSPS) is 10.7. The van der Waals surface area contributed by atoms with Crippen LogP contribution in [0.5, 0.6) is 0 Å². The standard InChI is InChI=1S/C11H14N4O2S2/c1-4-17-10(16)8-5-12-15(3)9(8)6-18-11-14-13-7(2)19-11/h5H,4,6H2,1-3H3. The Morgan fingerprint density at radius 2 is 2.32 bits per heavy atom. The van der Waals surface area contributed by atoms with Gasteiger partial charge in [0.05, 0.1) is 18.5 Å². The number of hydrogen-bond donors (Lipinski definition) is 0. The summed E-state index contributed by atoms with van der Waals surface area (Å²) in [5.41, 5.74) is 1.34. The van der Waals surface area contributed by atoms with Crippen molar-refractivity contribution in [3.05, 3.63) is 22.5 Å². The van der Waals surface area contributed by atoms with Crippen molar-refractivity contribution >= 4 is 29.1 Å². The predicted octanol–water partition coefficient (Wildman–Crippen LogP) is 2.05. The van der Waals surface area contributed by atoms with Crippen LogP contribution in [0.1, 0.15) is 28.0 Å². The summed E-state index contributed by atoms with van der Waals surface area (Å²) in [5, 5.41) is 13.0. The Hall–Kier alpha value is -1.41. The van der Waals surface area contributed by atoms with E-state index >= 15 is 0 Å². The van der Waals surface area contributed by atoms with Gasteiger partial charge in [0, 0.05) is 12.8 Å². The van der Waals surface area contributed by atoms with Crippen LogP contribution in [0.15, 0.2) is 10.5 Å². The number of hydrogen-bond acceptors (Lipinski definition) is 7. The molecule has 0 amide bonds. The number of aryl methyl sites for hydroxylation is 2. The molecule has 0 saturated heterocycles. The molecule has 102 valence electrons. The lowest BCUT2D eigenvalue weighted by Gasteiger charge is -2.04. The minimum Gasteiger partial charge on any atom is -0.462 e. The van der Waals surface area contributed by atoms with E-state index in [4.69, 9.17) is 4.74 Å². The maximum Gasteiger partial charge on any atom is 0.341 e. The van der Waals surface area contributed by atoms with Crippen molar-refractivity contribution in [1.29, 1.82) is 0 Å². The van der Waals surface area contributed by atoms with E-state index in [1.807, 2.05) is 14.0 Å². The molecule has 0 radical (unpaired) electrons. The van der Waals surface area contributed by atoms with Crippen molar-refractivity contribution in [2.24, 2.45) is 7.05 Å². The van der Waals surface area contributed by atoms with Crippen LogP contribution in [0.2, 0.25) is 0 Å². The van der Waals surface area contributed by atoms with Crippen molar-refractivity contribution in [1.82, 2.24) is 20.0 Å². The van der Waals surface area contributed by atoms with Crippen LogP contribution in [0.3, 0.4) is 0 Å². The molecule has 0 N–H and O–H groups in total. The quantitative estimate of drug-likeness (QED) is 0.621. The van der Waals surface area contributed by atoms with Gasteiger partial charge in [-0.3, -0.25) is 4.68 Å². The number of rotatable bonds is 5. The first-order chi connectivity index (χ1) is 9.11. The van der Waals surface area contributed by atoms with Gasteiger partial charge in [0.2, 0.25) is 0 Å². The number of aromatic nitrogens is 4. The maximum atomic E-state index is 11.8. The van der Waals surface area contributed by atoms with Gasteiger partial charge in [0.15, 0.2) is 4.34 Å². The van der Waals surface area contributed by atoms with Crippen LogP contribution in [-0.2, 0) is 17.5 Å². The smallest absolute Gasteiger partial charge is 0.341 e. The lowest BCUT2D eigenvalue weighted by molar-refractivity contribution is 0.0525. The first kappa shape index (κ1) is 14.0. The van der Waals surface area contributed by atoms with Gasteiger partial charge in [-0.25, -0.2) is 4.79 Å². The molecule has 0 aromatic carbocycles. The van der Waals surface area contributed by atoms with Gasteiger partial charge in [-0.1, -0.05) is 23.1 Å². The zero-order chi connectivity index (χ0) is 13.8. The monoisotopic (exact) mass is 298 g/mol. The molecule has 0 atom stereocenters. The first-order valence-corrected chi connectivity index (χ1v) is 7.53. The second-order valence-corrected chi connectivity index (χ2v) is 6.13. The molecule has 0 saturated carbocycles. The number of carbonyl (C=O) groups excluding carboxylic acids is 1. The molecule has 2 aromatic rings. The summed E-state index contributed by atoms with van der Waals surface area (Å²) in [5.74, 6) is 0.277. The average molecular weight is 298 g/mol. The van der Waals surface area contributed by atoms with E-state index in [2.05, 4.69) is 15.3 Å². The molecule has 2 heterocycles. The van der Waals surface area contributed by atoms with Gasteiger partial charge in [0.25, 0.3) is 0 Å². The highest BCUT2D eigenvalue weighted by atomic mass is 32.2. The number of nitrogens with zero attached hydrogens (tertiary/aromatic N) is 4. The molecule has 0 aliphatic carbocycles. The highest BCUT2D eigenvalue weighted by Crippen LogP contribution is 2.26. The Labute approximate surface area is 119 Å². The second-order valence-electron chi connectivity index (χ2n) is 3.72. The first-order valence-electron chi connectivity index (χ1n) is 5.72. The number of ether oxygens (including phenoxy) is 1. The Morgan fingerprint density at radius 3 is 2.95 bits per heavy atom. The van der Waals surface area contributed by atoms with Crippen molar-refractivity contribution in [2.75, 3.05) is 6.61 Å². The van der Waals surface area contributed by atoms with Gasteiger partial charge in [-0.05, 0) is 13.8 Å². The molecule has 0 aliphatic rings. The van der Waals surface area contributed by atoms with Gasteiger partial charge in [0.1, 0.15) is 10.6 Å². The predicted molar refractivity (Wildman–Crippen MR) is 73.4 cm³/mol. The SMILES string of the molecule is CCOC(=O)c1cnn(C)c1CSc1nnc(C)s1. The molecule has 0 unspecified atom stereocenters. The van der Waals surface area contributed by atoms with Crippen molar-refractivity contribution in [2.45, 2.75) is 23.9 Å². The van der Waals surface area contributed by atoms with Crippen LogP contribution in [0, 0.1) is 6.92 Å². The van der Waals surface area contributed by atoms with Crippen molar-refractivity contribution < 1.29 is 9.53 Å². The molecule has 6 nitrogen and oxygen atoms in total. The van der Waals surface area contributed by atoms with Crippen LogP contribution in [-0.4, -0.2) is 32.6 Å². The van der Waals surface area contributed by atoms with Gasteiger partial charge in [-0.2, -0.15) is 5.10 Å². The van der Waals surface area contributed by atoms with Gasteiger partial charge in [-0.15, -0.1) is 10.2 Å². The second kappa shape index (κ2) is 6.16. The van der Waals surface area contributed by atoms with E-state index in [9.17, 15) is 4.79 Å². The summed E-state index contributed by atoms with van der Waals surface area (Å²) < 4.78 is 7.58. The highest BCUT2D eigenvalue weighted by molar-refractivity contribution is 8.00. The summed E-state index contributed by atoms with van der Waals surface area (Å²) in [4.78, 5) is 11.8. The maximum absolute atomic E-state index is 11.8. The molecule has 8 heteroatoms. The highest BCUT2D eigenvalue weighted by Gasteiger charge is 2.17. The summed E-state index contributed by atoms with van der Waals surface area (Å²) in [6.07, 6.45) is 1.54. The fraction of sp³-hybridized carbons (Fsp3) is 0.455. The molecule has 0 aliphatic heterocycles. The summed E-state index contributed by atoms with van der Waals surface area (Å²) in [6, 6.07) is 0. The number of carbonyl (C=O) groups is 1. The largest absolute Gasteiger partial charge is 0.462 e. The Kier molecular flexibility index (Phi) is 4.54. The molecular formula is C11H14N4O2S2. The fourth-order valence-corrected chi connectivity index (χ4v) is 3.37. The third kappa shape index (κ3) is 3.32.